The van der Waals surface area contributed by atoms with Crippen molar-refractivity contribution in [3.8, 4) is 0 Å². The fourth-order valence-electron chi connectivity index (χ4n) is 2.65. The second-order valence-electron chi connectivity index (χ2n) is 5.34. The summed E-state index contributed by atoms with van der Waals surface area (Å²) in [6.45, 7) is 6.55. The smallest absolute Gasteiger partial charge is 0.219 e. The number of hydrogen-bond donors (Lipinski definition) is 1. The van der Waals surface area contributed by atoms with E-state index in [1.54, 1.807) is 13.0 Å². The molecule has 0 saturated carbocycles. The molecule has 5 heteroatoms. The average Bonchev–Trinajstić information content (AvgIpc) is 2.64. The number of carbonyl (C=O) groups is 1. The maximum Gasteiger partial charge on any atom is 0.219 e. The number of carbonyl (C=O) groups excluding carboxylic acids is 1. The fraction of sp³-hybridized carbons (Fsp3) is 0.533. The van der Waals surface area contributed by atoms with Crippen LogP contribution in [-0.2, 0) is 4.79 Å². The lowest BCUT2D eigenvalue weighted by molar-refractivity contribution is -0.128. The van der Waals surface area contributed by atoms with E-state index in [-0.39, 0.29) is 17.8 Å². The zero-order chi connectivity index (χ0) is 14.7. The van der Waals surface area contributed by atoms with Crippen LogP contribution in [-0.4, -0.2) is 37.0 Å². The zero-order valence-corrected chi connectivity index (χ0v) is 12.1. The molecule has 1 atom stereocenters. The van der Waals surface area contributed by atoms with Gasteiger partial charge in [0.15, 0.2) is 0 Å². The van der Waals surface area contributed by atoms with Gasteiger partial charge in [-0.2, -0.15) is 0 Å². The number of benzene rings is 1. The van der Waals surface area contributed by atoms with Crippen LogP contribution in [0.15, 0.2) is 18.2 Å². The zero-order valence-electron chi connectivity index (χ0n) is 12.1. The van der Waals surface area contributed by atoms with Gasteiger partial charge >= 0.3 is 0 Å². The van der Waals surface area contributed by atoms with E-state index < -0.39 is 0 Å². The summed E-state index contributed by atoms with van der Waals surface area (Å²) in [6, 6.07) is 4.55. The molecule has 1 amide bonds. The Morgan fingerprint density at radius 3 is 2.70 bits per heavy atom. The van der Waals surface area contributed by atoms with E-state index in [1.807, 2.05) is 11.8 Å². The fourth-order valence-corrected chi connectivity index (χ4v) is 2.65. The van der Waals surface area contributed by atoms with E-state index in [0.29, 0.717) is 6.54 Å². The molecule has 1 aliphatic rings. The molecule has 0 aromatic heterocycles. The first-order valence-electron chi connectivity index (χ1n) is 7.04. The monoisotopic (exact) mass is 279 g/mol. The quantitative estimate of drug-likeness (QED) is 0.899. The summed E-state index contributed by atoms with van der Waals surface area (Å²) in [7, 11) is 0. The number of hydrogen-bond acceptors (Lipinski definition) is 3. The van der Waals surface area contributed by atoms with Crippen LogP contribution in [0.1, 0.15) is 31.9 Å². The third-order valence-electron chi connectivity index (χ3n) is 3.76. The Morgan fingerprint density at radius 1 is 1.30 bits per heavy atom. The van der Waals surface area contributed by atoms with Gasteiger partial charge in [-0.15, -0.1) is 0 Å². The SMILES string of the molecule is CC(=O)N1CCCN(c2ccc(F)cc2[C@@H](C)N)CC1. The number of nitrogens with zero attached hydrogens (tertiary/aromatic N) is 2. The van der Waals surface area contributed by atoms with Crippen LogP contribution in [0.3, 0.4) is 0 Å². The Bertz CT molecular complexity index is 490. The van der Waals surface area contributed by atoms with E-state index in [0.717, 1.165) is 37.3 Å². The van der Waals surface area contributed by atoms with Gasteiger partial charge in [0.25, 0.3) is 0 Å². The van der Waals surface area contributed by atoms with Crippen molar-refractivity contribution in [2.24, 2.45) is 5.73 Å². The summed E-state index contributed by atoms with van der Waals surface area (Å²) >= 11 is 0. The Kier molecular flexibility index (Phi) is 4.60. The molecule has 20 heavy (non-hydrogen) atoms. The molecule has 0 unspecified atom stereocenters. The minimum absolute atomic E-state index is 0.110. The van der Waals surface area contributed by atoms with E-state index in [2.05, 4.69) is 4.90 Å². The van der Waals surface area contributed by atoms with Crippen molar-refractivity contribution in [3.05, 3.63) is 29.6 Å². The van der Waals surface area contributed by atoms with E-state index in [4.69, 9.17) is 5.73 Å². The third kappa shape index (κ3) is 3.28. The summed E-state index contributed by atoms with van der Waals surface area (Å²) < 4.78 is 13.4. The lowest BCUT2D eigenvalue weighted by Gasteiger charge is -2.27. The van der Waals surface area contributed by atoms with Gasteiger partial charge in [-0.3, -0.25) is 4.79 Å². The van der Waals surface area contributed by atoms with Crippen LogP contribution in [0.2, 0.25) is 0 Å². The van der Waals surface area contributed by atoms with Crippen molar-refractivity contribution in [1.29, 1.82) is 0 Å². The Balaban J connectivity index is 2.21. The minimum atomic E-state index is -0.263. The maximum absolute atomic E-state index is 13.4. The van der Waals surface area contributed by atoms with Gasteiger partial charge < -0.3 is 15.5 Å². The van der Waals surface area contributed by atoms with Crippen LogP contribution in [0, 0.1) is 5.82 Å². The Labute approximate surface area is 119 Å². The summed E-state index contributed by atoms with van der Waals surface area (Å²) in [6.07, 6.45) is 0.912. The molecule has 1 aromatic rings. The largest absolute Gasteiger partial charge is 0.369 e. The van der Waals surface area contributed by atoms with E-state index in [9.17, 15) is 9.18 Å². The van der Waals surface area contributed by atoms with Gasteiger partial charge in [0.1, 0.15) is 5.82 Å². The molecule has 1 aromatic carbocycles. The van der Waals surface area contributed by atoms with Crippen LogP contribution in [0.4, 0.5) is 10.1 Å². The topological polar surface area (TPSA) is 49.6 Å². The third-order valence-corrected chi connectivity index (χ3v) is 3.76. The van der Waals surface area contributed by atoms with Gasteiger partial charge in [-0.1, -0.05) is 0 Å². The predicted molar refractivity (Wildman–Crippen MR) is 78.1 cm³/mol. The van der Waals surface area contributed by atoms with Crippen molar-refractivity contribution >= 4 is 11.6 Å². The van der Waals surface area contributed by atoms with Crippen molar-refractivity contribution in [2.75, 3.05) is 31.1 Å². The van der Waals surface area contributed by atoms with Gasteiger partial charge in [0.05, 0.1) is 0 Å². The molecular formula is C15H22FN3O. The van der Waals surface area contributed by atoms with Crippen LogP contribution >= 0.6 is 0 Å². The molecule has 0 radical (unpaired) electrons. The first-order valence-corrected chi connectivity index (χ1v) is 7.04. The van der Waals surface area contributed by atoms with E-state index >= 15 is 0 Å². The molecule has 1 heterocycles. The summed E-state index contributed by atoms with van der Waals surface area (Å²) in [5.41, 5.74) is 7.75. The highest BCUT2D eigenvalue weighted by molar-refractivity contribution is 5.73. The predicted octanol–water partition coefficient (Wildman–Crippen LogP) is 1.90. The van der Waals surface area contributed by atoms with Gasteiger partial charge in [-0.25, -0.2) is 4.39 Å². The van der Waals surface area contributed by atoms with Crippen LogP contribution < -0.4 is 10.6 Å². The van der Waals surface area contributed by atoms with Crippen LogP contribution in [0.5, 0.6) is 0 Å². The number of nitrogens with two attached hydrogens (primary N) is 1. The number of amides is 1. The second kappa shape index (κ2) is 6.22. The van der Waals surface area contributed by atoms with Gasteiger partial charge in [0, 0.05) is 44.8 Å². The number of rotatable bonds is 2. The van der Waals surface area contributed by atoms with Gasteiger partial charge in [0.2, 0.25) is 5.91 Å². The van der Waals surface area contributed by atoms with Gasteiger partial charge in [-0.05, 0) is 37.1 Å². The molecule has 2 rings (SSSR count). The standard InChI is InChI=1S/C15H22FN3O/c1-11(17)14-10-13(16)4-5-15(14)19-7-3-6-18(8-9-19)12(2)20/h4-5,10-11H,3,6-9,17H2,1-2H3/t11-/m1/s1. The Morgan fingerprint density at radius 2 is 2.05 bits per heavy atom. The first-order chi connectivity index (χ1) is 9.49. The molecule has 0 bridgehead atoms. The highest BCUT2D eigenvalue weighted by atomic mass is 19.1. The highest BCUT2D eigenvalue weighted by Gasteiger charge is 2.19. The molecule has 0 aliphatic carbocycles. The lowest BCUT2D eigenvalue weighted by Crippen LogP contribution is -2.34. The van der Waals surface area contributed by atoms with Crippen LogP contribution in [0.25, 0.3) is 0 Å². The molecule has 110 valence electrons. The van der Waals surface area contributed by atoms with Crippen molar-refractivity contribution in [3.63, 3.8) is 0 Å². The molecule has 0 spiro atoms. The maximum atomic E-state index is 13.4. The van der Waals surface area contributed by atoms with Crippen molar-refractivity contribution < 1.29 is 9.18 Å². The van der Waals surface area contributed by atoms with Crippen molar-refractivity contribution in [1.82, 2.24) is 4.90 Å². The summed E-state index contributed by atoms with van der Waals surface area (Å²) in [5.74, 6) is -0.153. The minimum Gasteiger partial charge on any atom is -0.369 e. The summed E-state index contributed by atoms with van der Waals surface area (Å²) in [5, 5.41) is 0. The highest BCUT2D eigenvalue weighted by Crippen LogP contribution is 2.27. The molecule has 1 aliphatic heterocycles. The Hall–Kier alpha value is -1.62. The molecule has 1 fully saturated rings. The molecule has 1 saturated heterocycles. The summed E-state index contributed by atoms with van der Waals surface area (Å²) in [4.78, 5) is 15.5. The molecule has 2 N–H and O–H groups in total. The second-order valence-corrected chi connectivity index (χ2v) is 5.34. The molecule has 4 nitrogen and oxygen atoms in total. The molecular weight excluding hydrogens is 257 g/mol. The van der Waals surface area contributed by atoms with E-state index in [1.165, 1.54) is 12.1 Å². The number of halogens is 1. The average molecular weight is 279 g/mol. The normalized spacial score (nSPS) is 17.8. The number of anilines is 1. The lowest BCUT2D eigenvalue weighted by atomic mass is 10.1. The van der Waals surface area contributed by atoms with Crippen molar-refractivity contribution in [2.45, 2.75) is 26.3 Å². The first kappa shape index (κ1) is 14.8.